The number of nitrogens with one attached hydrogen (secondary N) is 1. The zero-order chi connectivity index (χ0) is 12.3. The summed E-state index contributed by atoms with van der Waals surface area (Å²) >= 11 is 0. The molecule has 0 aliphatic carbocycles. The van der Waals surface area contributed by atoms with Crippen LogP contribution in [-0.2, 0) is 6.54 Å². The highest BCUT2D eigenvalue weighted by molar-refractivity contribution is 5.92. The second kappa shape index (κ2) is 5.36. The largest absolute Gasteiger partial charge is 0.344 e. The lowest BCUT2D eigenvalue weighted by atomic mass is 10.1. The van der Waals surface area contributed by atoms with E-state index in [-0.39, 0.29) is 5.91 Å². The Bertz CT molecular complexity index is 380. The second-order valence-corrected chi connectivity index (χ2v) is 4.60. The molecule has 2 heterocycles. The molecule has 4 heteroatoms. The van der Waals surface area contributed by atoms with Crippen LogP contribution >= 0.6 is 0 Å². The van der Waals surface area contributed by atoms with Crippen LogP contribution in [0.4, 0.5) is 0 Å². The Morgan fingerprint density at radius 3 is 3.12 bits per heavy atom. The van der Waals surface area contributed by atoms with Gasteiger partial charge in [0.15, 0.2) is 0 Å². The lowest BCUT2D eigenvalue weighted by molar-refractivity contribution is 0.0697. The number of amides is 1. The van der Waals surface area contributed by atoms with E-state index in [4.69, 9.17) is 0 Å². The summed E-state index contributed by atoms with van der Waals surface area (Å²) in [7, 11) is 1.91. The predicted molar refractivity (Wildman–Crippen MR) is 68.1 cm³/mol. The van der Waals surface area contributed by atoms with Crippen LogP contribution in [-0.4, -0.2) is 41.6 Å². The number of carbonyl (C=O) groups excluding carboxylic acids is 1. The number of aromatic nitrogens is 1. The van der Waals surface area contributed by atoms with E-state index in [2.05, 4.69) is 12.2 Å². The molecule has 1 unspecified atom stereocenters. The maximum absolute atomic E-state index is 12.4. The van der Waals surface area contributed by atoms with Crippen LogP contribution in [0, 0.1) is 0 Å². The van der Waals surface area contributed by atoms with Gasteiger partial charge in [0.2, 0.25) is 0 Å². The van der Waals surface area contributed by atoms with E-state index >= 15 is 0 Å². The lowest BCUT2D eigenvalue weighted by Crippen LogP contribution is -2.47. The Labute approximate surface area is 103 Å². The molecule has 17 heavy (non-hydrogen) atoms. The number of hydrogen-bond acceptors (Lipinski definition) is 2. The van der Waals surface area contributed by atoms with Crippen molar-refractivity contribution in [1.82, 2.24) is 14.8 Å². The summed E-state index contributed by atoms with van der Waals surface area (Å²) in [6, 6.07) is 4.17. The van der Waals surface area contributed by atoms with Gasteiger partial charge >= 0.3 is 0 Å². The standard InChI is InChI=1S/C13H21N3O/c1-3-16-9-5-7-12(16)13(17)15(2)11-6-4-8-14-10-11/h5,7,9,11,14H,3-4,6,8,10H2,1-2H3. The highest BCUT2D eigenvalue weighted by Crippen LogP contribution is 2.13. The molecule has 94 valence electrons. The van der Waals surface area contributed by atoms with Gasteiger partial charge in [-0.25, -0.2) is 0 Å². The SMILES string of the molecule is CCn1cccc1C(=O)N(C)C1CCCNC1. The van der Waals surface area contributed by atoms with Crippen LogP contribution in [0.2, 0.25) is 0 Å². The Balaban J connectivity index is 2.08. The fourth-order valence-corrected chi connectivity index (χ4v) is 2.39. The summed E-state index contributed by atoms with van der Waals surface area (Å²) in [4.78, 5) is 14.2. The van der Waals surface area contributed by atoms with Gasteiger partial charge in [0.1, 0.15) is 5.69 Å². The summed E-state index contributed by atoms with van der Waals surface area (Å²) in [6.07, 6.45) is 4.21. The summed E-state index contributed by atoms with van der Waals surface area (Å²) in [5, 5.41) is 3.34. The average molecular weight is 235 g/mol. The maximum atomic E-state index is 12.4. The summed E-state index contributed by atoms with van der Waals surface area (Å²) in [5.74, 6) is 0.130. The van der Waals surface area contributed by atoms with Gasteiger partial charge in [-0.15, -0.1) is 0 Å². The lowest BCUT2D eigenvalue weighted by Gasteiger charge is -2.31. The van der Waals surface area contributed by atoms with Crippen LogP contribution in [0.3, 0.4) is 0 Å². The van der Waals surface area contributed by atoms with E-state index in [1.807, 2.05) is 34.8 Å². The minimum Gasteiger partial charge on any atom is -0.344 e. The first-order chi connectivity index (χ1) is 8.24. The van der Waals surface area contributed by atoms with Crippen LogP contribution in [0.5, 0.6) is 0 Å². The molecule has 1 aromatic heterocycles. The van der Waals surface area contributed by atoms with Crippen molar-refractivity contribution in [3.8, 4) is 0 Å². The summed E-state index contributed by atoms with van der Waals surface area (Å²) in [5.41, 5.74) is 0.792. The predicted octanol–water partition coefficient (Wildman–Crippen LogP) is 1.33. The van der Waals surface area contributed by atoms with Crippen molar-refractivity contribution in [1.29, 1.82) is 0 Å². The number of piperidine rings is 1. The van der Waals surface area contributed by atoms with E-state index < -0.39 is 0 Å². The first-order valence-corrected chi connectivity index (χ1v) is 6.37. The molecule has 1 saturated heterocycles. The Morgan fingerprint density at radius 1 is 1.65 bits per heavy atom. The van der Waals surface area contributed by atoms with Crippen molar-refractivity contribution in [2.45, 2.75) is 32.4 Å². The molecule has 4 nitrogen and oxygen atoms in total. The van der Waals surface area contributed by atoms with Crippen molar-refractivity contribution in [3.05, 3.63) is 24.0 Å². The van der Waals surface area contributed by atoms with E-state index in [0.717, 1.165) is 38.2 Å². The van der Waals surface area contributed by atoms with Gasteiger partial charge < -0.3 is 14.8 Å². The van der Waals surface area contributed by atoms with E-state index in [1.54, 1.807) is 0 Å². The highest BCUT2D eigenvalue weighted by atomic mass is 16.2. The van der Waals surface area contributed by atoms with Crippen LogP contribution in [0.1, 0.15) is 30.3 Å². The van der Waals surface area contributed by atoms with Gasteiger partial charge in [0.05, 0.1) is 0 Å². The van der Waals surface area contributed by atoms with Crippen LogP contribution in [0.25, 0.3) is 0 Å². The molecule has 0 radical (unpaired) electrons. The summed E-state index contributed by atoms with van der Waals surface area (Å²) < 4.78 is 2.00. The molecule has 1 atom stereocenters. The number of aryl methyl sites for hydroxylation is 1. The third-order valence-corrected chi connectivity index (χ3v) is 3.53. The summed E-state index contributed by atoms with van der Waals surface area (Å²) in [6.45, 7) is 4.88. The molecule has 1 amide bonds. The zero-order valence-corrected chi connectivity index (χ0v) is 10.6. The second-order valence-electron chi connectivity index (χ2n) is 4.60. The van der Waals surface area contributed by atoms with E-state index in [0.29, 0.717) is 6.04 Å². The fourth-order valence-electron chi connectivity index (χ4n) is 2.39. The zero-order valence-electron chi connectivity index (χ0n) is 10.6. The smallest absolute Gasteiger partial charge is 0.270 e. The third kappa shape index (κ3) is 2.52. The molecule has 1 N–H and O–H groups in total. The number of carbonyl (C=O) groups is 1. The molecule has 0 aromatic carbocycles. The topological polar surface area (TPSA) is 37.3 Å². The van der Waals surface area contributed by atoms with Crippen molar-refractivity contribution in [2.75, 3.05) is 20.1 Å². The number of likely N-dealkylation sites (N-methyl/N-ethyl adjacent to an activating group) is 1. The molecule has 1 aromatic rings. The first kappa shape index (κ1) is 12.2. The highest BCUT2D eigenvalue weighted by Gasteiger charge is 2.24. The molecule has 1 aliphatic heterocycles. The average Bonchev–Trinajstić information content (AvgIpc) is 2.86. The normalized spacial score (nSPS) is 20.2. The van der Waals surface area contributed by atoms with Gasteiger partial charge in [-0.05, 0) is 38.4 Å². The first-order valence-electron chi connectivity index (χ1n) is 6.37. The Kier molecular flexibility index (Phi) is 3.84. The minimum absolute atomic E-state index is 0.130. The van der Waals surface area contributed by atoms with Crippen LogP contribution in [0.15, 0.2) is 18.3 Å². The molecule has 1 aliphatic rings. The molecule has 0 spiro atoms. The minimum atomic E-state index is 0.130. The van der Waals surface area contributed by atoms with Gasteiger partial charge in [-0.3, -0.25) is 4.79 Å². The third-order valence-electron chi connectivity index (χ3n) is 3.53. The van der Waals surface area contributed by atoms with Crippen LogP contribution < -0.4 is 5.32 Å². The number of nitrogens with zero attached hydrogens (tertiary/aromatic N) is 2. The molecular formula is C13H21N3O. The van der Waals surface area contributed by atoms with Crippen molar-refractivity contribution in [3.63, 3.8) is 0 Å². The Hall–Kier alpha value is -1.29. The molecule has 0 bridgehead atoms. The monoisotopic (exact) mass is 235 g/mol. The Morgan fingerprint density at radius 2 is 2.47 bits per heavy atom. The number of hydrogen-bond donors (Lipinski definition) is 1. The van der Waals surface area contributed by atoms with Gasteiger partial charge in [0.25, 0.3) is 5.91 Å². The molecule has 0 saturated carbocycles. The number of rotatable bonds is 3. The van der Waals surface area contributed by atoms with Crippen molar-refractivity contribution >= 4 is 5.91 Å². The molecule has 1 fully saturated rings. The van der Waals surface area contributed by atoms with E-state index in [9.17, 15) is 4.79 Å². The van der Waals surface area contributed by atoms with Crippen molar-refractivity contribution in [2.24, 2.45) is 0 Å². The molecular weight excluding hydrogens is 214 g/mol. The van der Waals surface area contributed by atoms with E-state index in [1.165, 1.54) is 0 Å². The van der Waals surface area contributed by atoms with Crippen molar-refractivity contribution < 1.29 is 4.79 Å². The fraction of sp³-hybridized carbons (Fsp3) is 0.615. The maximum Gasteiger partial charge on any atom is 0.270 e. The van der Waals surface area contributed by atoms with Gasteiger partial charge in [-0.2, -0.15) is 0 Å². The molecule has 2 rings (SSSR count). The quantitative estimate of drug-likeness (QED) is 0.858. The van der Waals surface area contributed by atoms with Gasteiger partial charge in [0, 0.05) is 32.4 Å². The van der Waals surface area contributed by atoms with Gasteiger partial charge in [-0.1, -0.05) is 0 Å².